The quantitative estimate of drug-likeness (QED) is 0.0553. The highest BCUT2D eigenvalue weighted by Gasteiger charge is 2.31. The zero-order valence-corrected chi connectivity index (χ0v) is 59.7. The van der Waals surface area contributed by atoms with Crippen molar-refractivity contribution in [3.63, 3.8) is 0 Å². The summed E-state index contributed by atoms with van der Waals surface area (Å²) in [5, 5.41) is 5.36. The highest BCUT2D eigenvalue weighted by molar-refractivity contribution is 8.04. The number of allylic oxidation sites excluding steroid dienone is 8. The molecule has 0 fully saturated rings. The second-order valence-corrected chi connectivity index (χ2v) is 29.5. The average molecular weight is 1460 g/mol. The van der Waals surface area contributed by atoms with Crippen LogP contribution in [-0.2, 0) is 23.7 Å². The summed E-state index contributed by atoms with van der Waals surface area (Å²) in [5.41, 5.74) is 18.9. The van der Waals surface area contributed by atoms with E-state index in [1.165, 1.54) is 143 Å². The van der Waals surface area contributed by atoms with Crippen LogP contribution in [0, 0.1) is 40.0 Å². The monoisotopic (exact) mass is 1460 g/mol. The predicted octanol–water partition coefficient (Wildman–Crippen LogP) is 12.8. The average Bonchev–Trinajstić information content (AvgIpc) is 2.29. The van der Waals surface area contributed by atoms with Gasteiger partial charge < -0.3 is 62.3 Å². The number of halogens is 2. The van der Waals surface area contributed by atoms with Crippen LogP contribution in [0.4, 0.5) is 11.4 Å². The van der Waals surface area contributed by atoms with Crippen LogP contribution < -0.4 is 66.9 Å². The van der Waals surface area contributed by atoms with E-state index in [0.717, 1.165) is 44.3 Å². The SMILES string of the molecule is CCCCC[n+]1c(C=C2C=C(C=C3Sc4cc(C)ccc4N3CC)CC(C)(C)C2)sc2cc(C)ccc21.Cc1ccc(S(=O)(=O)[O-])cc1.Cc1ccc2c(c1)SC(=CC1=CC(=Cc3sc4cc(C)ccc4[n+]3C)CC(c3ccccc3)C1)N2C.[I-].[I-]. The van der Waals surface area contributed by atoms with Crippen LogP contribution in [-0.4, -0.2) is 26.6 Å². The zero-order valence-electron chi connectivity index (χ0n) is 51.3. The van der Waals surface area contributed by atoms with Crippen LogP contribution in [0.2, 0.25) is 0 Å². The van der Waals surface area contributed by atoms with Crippen LogP contribution in [0.3, 0.4) is 0 Å². The highest BCUT2D eigenvalue weighted by Crippen LogP contribution is 2.49. The first-order chi connectivity index (χ1) is 40.2. The summed E-state index contributed by atoms with van der Waals surface area (Å²) in [6.07, 6.45) is 22.8. The minimum Gasteiger partial charge on any atom is -1.00 e. The lowest BCUT2D eigenvalue weighted by Gasteiger charge is -2.31. The highest BCUT2D eigenvalue weighted by atomic mass is 127. The van der Waals surface area contributed by atoms with E-state index in [4.69, 9.17) is 0 Å². The molecular formula is C72H79I2N4O3S5-. The van der Waals surface area contributed by atoms with Gasteiger partial charge in [-0.2, -0.15) is 9.13 Å². The third-order valence-corrected chi connectivity index (χ3v) is 21.3. The van der Waals surface area contributed by atoms with Crippen molar-refractivity contribution in [2.45, 2.75) is 134 Å². The van der Waals surface area contributed by atoms with Crippen molar-refractivity contribution < 1.29 is 70.1 Å². The number of thiazole rings is 2. The molecule has 450 valence electrons. The Hall–Kier alpha value is -4.79. The first-order valence-corrected chi connectivity index (χ1v) is 34.1. The van der Waals surface area contributed by atoms with E-state index >= 15 is 0 Å². The molecule has 4 aliphatic rings. The molecule has 2 aromatic heterocycles. The van der Waals surface area contributed by atoms with E-state index in [2.05, 4.69) is 228 Å². The van der Waals surface area contributed by atoms with E-state index < -0.39 is 10.1 Å². The molecule has 86 heavy (non-hydrogen) atoms. The van der Waals surface area contributed by atoms with Gasteiger partial charge in [-0.1, -0.05) is 158 Å². The maximum absolute atomic E-state index is 10.4. The van der Waals surface area contributed by atoms with Crippen molar-refractivity contribution >= 4 is 100 Å². The van der Waals surface area contributed by atoms with Crippen LogP contribution in [0.15, 0.2) is 199 Å². The lowest BCUT2D eigenvalue weighted by molar-refractivity contribution is -0.669. The number of benzene rings is 6. The molecule has 4 heterocycles. The molecule has 2 aliphatic carbocycles. The van der Waals surface area contributed by atoms with E-state index in [1.807, 2.05) is 53.1 Å². The second-order valence-electron chi connectivity index (χ2n) is 23.8. The third kappa shape index (κ3) is 16.3. The van der Waals surface area contributed by atoms with Crippen LogP contribution in [0.5, 0.6) is 0 Å². The molecule has 0 amide bonds. The van der Waals surface area contributed by atoms with Gasteiger partial charge in [0, 0.05) is 54.1 Å². The maximum atomic E-state index is 10.4. The maximum Gasteiger partial charge on any atom is 0.263 e. The molecule has 0 saturated carbocycles. The Kier molecular flexibility index (Phi) is 22.8. The van der Waals surface area contributed by atoms with Crippen molar-refractivity contribution in [2.75, 3.05) is 23.4 Å². The molecule has 1 atom stereocenters. The van der Waals surface area contributed by atoms with E-state index in [1.54, 1.807) is 12.1 Å². The Labute approximate surface area is 562 Å². The van der Waals surface area contributed by atoms with Gasteiger partial charge in [0.25, 0.3) is 10.0 Å². The summed E-state index contributed by atoms with van der Waals surface area (Å²) in [7, 11) is 0.107. The number of aromatic nitrogens is 2. The Morgan fingerprint density at radius 1 is 0.616 bits per heavy atom. The minimum atomic E-state index is -4.27. The summed E-state index contributed by atoms with van der Waals surface area (Å²) in [6.45, 7) is 22.0. The fourth-order valence-corrected chi connectivity index (χ4v) is 17.2. The Morgan fingerprint density at radius 3 is 1.84 bits per heavy atom. The fraction of sp³-hybridized carbons (Fsp3) is 0.306. The van der Waals surface area contributed by atoms with Gasteiger partial charge in [-0.25, -0.2) is 8.42 Å². The number of hydrogen-bond donors (Lipinski definition) is 0. The van der Waals surface area contributed by atoms with E-state index in [0.29, 0.717) is 5.92 Å². The van der Waals surface area contributed by atoms with Crippen LogP contribution >= 0.6 is 46.2 Å². The van der Waals surface area contributed by atoms with Crippen molar-refractivity contribution in [3.05, 3.63) is 227 Å². The fourth-order valence-electron chi connectivity index (χ4n) is 11.7. The number of rotatable bonds is 11. The van der Waals surface area contributed by atoms with E-state index in [9.17, 15) is 13.0 Å². The van der Waals surface area contributed by atoms with Crippen molar-refractivity contribution in [1.29, 1.82) is 0 Å². The first-order valence-electron chi connectivity index (χ1n) is 29.4. The van der Waals surface area contributed by atoms with Gasteiger partial charge in [0.05, 0.1) is 26.3 Å². The minimum absolute atomic E-state index is 0. The smallest absolute Gasteiger partial charge is 0.263 e. The van der Waals surface area contributed by atoms with Crippen LogP contribution in [0.1, 0.15) is 122 Å². The van der Waals surface area contributed by atoms with Gasteiger partial charge in [-0.05, 0) is 196 Å². The molecule has 12 rings (SSSR count). The number of aryl methyl sites for hydroxylation is 7. The predicted molar refractivity (Wildman–Crippen MR) is 358 cm³/mol. The van der Waals surface area contributed by atoms with Crippen molar-refractivity contribution in [1.82, 2.24) is 0 Å². The summed E-state index contributed by atoms with van der Waals surface area (Å²) < 4.78 is 38.8. The summed E-state index contributed by atoms with van der Waals surface area (Å²) >= 11 is 7.65. The number of hydrogen-bond acceptors (Lipinski definition) is 9. The lowest BCUT2D eigenvalue weighted by atomic mass is 9.75. The van der Waals surface area contributed by atoms with Crippen LogP contribution in [0.25, 0.3) is 32.6 Å². The van der Waals surface area contributed by atoms with Gasteiger partial charge >= 0.3 is 0 Å². The number of thioether (sulfide) groups is 2. The second kappa shape index (κ2) is 29.2. The molecule has 0 N–H and O–H groups in total. The molecule has 0 bridgehead atoms. The molecule has 7 nitrogen and oxygen atoms in total. The zero-order chi connectivity index (χ0) is 59.5. The Morgan fingerprint density at radius 2 is 1.17 bits per heavy atom. The molecule has 14 heteroatoms. The molecule has 2 aliphatic heterocycles. The first kappa shape index (κ1) is 67.1. The number of anilines is 2. The largest absolute Gasteiger partial charge is 1.00 e. The third-order valence-electron chi connectivity index (χ3n) is 16.0. The van der Waals surface area contributed by atoms with Crippen molar-refractivity contribution in [2.24, 2.45) is 12.5 Å². The summed E-state index contributed by atoms with van der Waals surface area (Å²) in [4.78, 5) is 7.37. The number of unbranched alkanes of at least 4 members (excludes halogenated alkanes) is 2. The topological polar surface area (TPSA) is 71.4 Å². The number of nitrogens with zero attached hydrogens (tertiary/aromatic N) is 4. The molecule has 6 aromatic carbocycles. The van der Waals surface area contributed by atoms with Gasteiger partial charge in [-0.15, -0.1) is 0 Å². The molecular weight excluding hydrogens is 1380 g/mol. The summed E-state index contributed by atoms with van der Waals surface area (Å²) in [6, 6.07) is 44.1. The van der Waals surface area contributed by atoms with Crippen molar-refractivity contribution in [3.8, 4) is 0 Å². The number of fused-ring (bicyclic) bond motifs is 4. The Balaban J connectivity index is 0.000000186. The molecule has 0 spiro atoms. The molecule has 1 unspecified atom stereocenters. The lowest BCUT2D eigenvalue weighted by Crippen LogP contribution is -3.00. The summed E-state index contributed by atoms with van der Waals surface area (Å²) in [5.74, 6) is 0.484. The molecule has 8 aromatic rings. The van der Waals surface area contributed by atoms with Gasteiger partial charge in [0.15, 0.2) is 6.54 Å². The molecule has 0 saturated heterocycles. The molecule has 0 radical (unpaired) electrons. The van der Waals surface area contributed by atoms with E-state index in [-0.39, 0.29) is 58.3 Å². The van der Waals surface area contributed by atoms with Gasteiger partial charge in [0.2, 0.25) is 11.0 Å². The van der Waals surface area contributed by atoms with Gasteiger partial charge in [0.1, 0.15) is 26.6 Å². The standard InChI is InChI=1S/C33H41N2S2.C32H31N2S2.C7H8O3S.2HI/c1-7-9-10-15-35-28-14-12-24(4)17-30(28)37-32(35)20-26-18-25(21-33(5,6)22-26)19-31-34(8-2)27-13-11-23(3)16-29(27)36-31;1-21-10-12-27-29(14-21)35-31(33(27)3)19-23-16-24(18-26(17-23)25-8-6-5-7-9-25)20-32-34(4)28-13-11-22(2)15-30(28)36-32;1-6-2-4-7(5-3-6)11(8,9)10;;/h11-14,16-20H,7-10,15,21-22H2,1-6H3;5-16,19-20,26H,17-18H2,1-4H3;2-5H,1H3,(H,8,9,10);2*1H/q2*+1;;;/p-3. The van der Waals surface area contributed by atoms with Gasteiger partial charge in [-0.3, -0.25) is 0 Å². The normalized spacial score (nSPS) is 18.0. The Bertz CT molecular complexity index is 4080.